The molecule has 0 spiro atoms. The molecule has 0 aliphatic rings. The maximum Gasteiger partial charge on any atom is 0.219 e. The molecule has 80 valence electrons. The quantitative estimate of drug-likeness (QED) is 0.502. The predicted octanol–water partition coefficient (Wildman–Crippen LogP) is 2.46. The molecule has 5 heteroatoms. The Balaban J connectivity index is 2.77. The highest BCUT2D eigenvalue weighted by Gasteiger charge is 2.06. The molecule has 0 saturated carbocycles. The van der Waals surface area contributed by atoms with Crippen molar-refractivity contribution in [1.29, 1.82) is 0 Å². The van der Waals surface area contributed by atoms with Crippen molar-refractivity contribution in [3.05, 3.63) is 36.4 Å². The van der Waals surface area contributed by atoms with Crippen molar-refractivity contribution >= 4 is 28.0 Å². The molecule has 1 N–H and O–H groups in total. The average Bonchev–Trinajstić information content (AvgIpc) is 2.18. The highest BCUT2D eigenvalue weighted by Crippen LogP contribution is 2.22. The van der Waals surface area contributed by atoms with Gasteiger partial charge in [-0.2, -0.15) is 0 Å². The van der Waals surface area contributed by atoms with E-state index in [-0.39, 0.29) is 5.12 Å². The van der Waals surface area contributed by atoms with Crippen molar-refractivity contribution < 1.29 is 13.6 Å². The van der Waals surface area contributed by atoms with Crippen molar-refractivity contribution in [3.8, 4) is 0 Å². The molecule has 1 atom stereocenters. The molecular weight excluding hydrogens is 232 g/mol. The van der Waals surface area contributed by atoms with Gasteiger partial charge in [-0.15, -0.1) is 0 Å². The first-order chi connectivity index (χ1) is 7.00. The van der Waals surface area contributed by atoms with Gasteiger partial charge in [0.15, 0.2) is 11.1 Å². The van der Waals surface area contributed by atoms with E-state index in [2.05, 4.69) is 6.58 Å². The molecule has 0 fully saturated rings. The third-order valence-electron chi connectivity index (χ3n) is 1.58. The van der Waals surface area contributed by atoms with Crippen LogP contribution in [-0.2, 0) is 15.9 Å². The summed E-state index contributed by atoms with van der Waals surface area (Å²) in [5.41, 5.74) is 0.481. The second-order valence-corrected chi connectivity index (χ2v) is 4.91. The van der Waals surface area contributed by atoms with Crippen molar-refractivity contribution in [3.63, 3.8) is 0 Å². The van der Waals surface area contributed by atoms with Crippen molar-refractivity contribution in [2.24, 2.45) is 0 Å². The lowest BCUT2D eigenvalue weighted by atomic mass is 10.4. The summed E-state index contributed by atoms with van der Waals surface area (Å²) in [6.07, 6.45) is 0. The second kappa shape index (κ2) is 5.25. The van der Waals surface area contributed by atoms with Gasteiger partial charge in [-0.05, 0) is 48.5 Å². The number of rotatable bonds is 3. The minimum absolute atomic E-state index is 0.104. The molecule has 0 aliphatic heterocycles. The van der Waals surface area contributed by atoms with E-state index in [0.29, 0.717) is 10.5 Å². The number of hydrogen-bond acceptors (Lipinski definition) is 3. The van der Waals surface area contributed by atoms with Gasteiger partial charge in [-0.25, -0.2) is 4.21 Å². The average molecular weight is 242 g/mol. The molecule has 0 aromatic heterocycles. The maximum absolute atomic E-state index is 11.3. The summed E-state index contributed by atoms with van der Waals surface area (Å²) >= 11 is -0.917. The molecule has 0 aliphatic carbocycles. The number of carbonyl (C=O) groups excluding carboxylic acids is 1. The van der Waals surface area contributed by atoms with Gasteiger partial charge < -0.3 is 4.55 Å². The lowest BCUT2D eigenvalue weighted by molar-refractivity contribution is -0.107. The molecule has 1 unspecified atom stereocenters. The van der Waals surface area contributed by atoms with Crippen molar-refractivity contribution in [2.45, 2.75) is 16.7 Å². The molecule has 1 aromatic rings. The molecule has 0 radical (unpaired) electrons. The Kier molecular flexibility index (Phi) is 4.26. The van der Waals surface area contributed by atoms with E-state index in [1.165, 1.54) is 12.1 Å². The van der Waals surface area contributed by atoms with Crippen LogP contribution in [0.5, 0.6) is 0 Å². The van der Waals surface area contributed by atoms with Gasteiger partial charge in [0.05, 0.1) is 4.90 Å². The van der Waals surface area contributed by atoms with Crippen LogP contribution in [0.25, 0.3) is 0 Å². The zero-order valence-corrected chi connectivity index (χ0v) is 9.73. The third kappa shape index (κ3) is 3.62. The van der Waals surface area contributed by atoms with Gasteiger partial charge in [-0.3, -0.25) is 4.79 Å². The van der Waals surface area contributed by atoms with Gasteiger partial charge in [-0.1, -0.05) is 6.58 Å². The van der Waals surface area contributed by atoms with E-state index < -0.39 is 11.1 Å². The minimum Gasteiger partial charge on any atom is -0.302 e. The van der Waals surface area contributed by atoms with Gasteiger partial charge in [0.1, 0.15) is 0 Å². The van der Waals surface area contributed by atoms with Crippen LogP contribution in [0.3, 0.4) is 0 Å². The first-order valence-electron chi connectivity index (χ1n) is 4.09. The Bertz CT molecular complexity index is 409. The van der Waals surface area contributed by atoms with E-state index in [1.54, 1.807) is 19.1 Å². The summed E-state index contributed by atoms with van der Waals surface area (Å²) in [6, 6.07) is 6.30. The fourth-order valence-corrected chi connectivity index (χ4v) is 1.85. The topological polar surface area (TPSA) is 54.4 Å². The molecule has 0 saturated heterocycles. The summed E-state index contributed by atoms with van der Waals surface area (Å²) in [4.78, 5) is 12.3. The zero-order chi connectivity index (χ0) is 11.4. The first-order valence-corrected chi connectivity index (χ1v) is 6.01. The lowest BCUT2D eigenvalue weighted by Crippen LogP contribution is -1.92. The van der Waals surface area contributed by atoms with E-state index in [1.807, 2.05) is 0 Å². The van der Waals surface area contributed by atoms with E-state index in [4.69, 9.17) is 4.55 Å². The highest BCUT2D eigenvalue weighted by molar-refractivity contribution is 8.14. The Hall–Kier alpha value is -0.910. The van der Waals surface area contributed by atoms with Crippen molar-refractivity contribution in [2.75, 3.05) is 0 Å². The third-order valence-corrected chi connectivity index (χ3v) is 3.30. The standard InChI is InChI=1S/C10H10O3S2/c1-7(2)10(11)14-8-3-5-9(6-4-8)15(12)13/h3-6H,1H2,2H3,(H,12,13). The molecule has 1 rings (SSSR count). The Morgan fingerprint density at radius 1 is 1.40 bits per heavy atom. The zero-order valence-electron chi connectivity index (χ0n) is 8.10. The normalized spacial score (nSPS) is 12.1. The van der Waals surface area contributed by atoms with Gasteiger partial charge >= 0.3 is 0 Å². The van der Waals surface area contributed by atoms with Gasteiger partial charge in [0.2, 0.25) is 5.12 Å². The summed E-state index contributed by atoms with van der Waals surface area (Å²) in [5, 5.41) is -0.104. The number of benzene rings is 1. The molecule has 0 heterocycles. The Labute approximate surface area is 94.9 Å². The summed E-state index contributed by atoms with van der Waals surface area (Å²) in [6.45, 7) is 5.18. The second-order valence-electron chi connectivity index (χ2n) is 2.89. The molecular formula is C10H10O3S2. The summed E-state index contributed by atoms with van der Waals surface area (Å²) in [5.74, 6) is 0. The highest BCUT2D eigenvalue weighted by atomic mass is 32.2. The largest absolute Gasteiger partial charge is 0.302 e. The smallest absolute Gasteiger partial charge is 0.219 e. The fourth-order valence-electron chi connectivity index (χ4n) is 0.818. The minimum atomic E-state index is -1.97. The first kappa shape index (κ1) is 12.2. The van der Waals surface area contributed by atoms with Gasteiger partial charge in [0, 0.05) is 4.90 Å². The van der Waals surface area contributed by atoms with E-state index >= 15 is 0 Å². The Morgan fingerprint density at radius 3 is 2.33 bits per heavy atom. The van der Waals surface area contributed by atoms with E-state index in [0.717, 1.165) is 16.7 Å². The maximum atomic E-state index is 11.3. The number of carbonyl (C=O) groups is 1. The summed E-state index contributed by atoms with van der Waals surface area (Å²) < 4.78 is 19.4. The van der Waals surface area contributed by atoms with Crippen LogP contribution in [-0.4, -0.2) is 13.9 Å². The van der Waals surface area contributed by atoms with Crippen LogP contribution in [0, 0.1) is 0 Å². The lowest BCUT2D eigenvalue weighted by Gasteiger charge is -2.00. The SMILES string of the molecule is C=C(C)C(=O)Sc1ccc(S(=O)O)cc1. The van der Waals surface area contributed by atoms with Crippen LogP contribution in [0.4, 0.5) is 0 Å². The molecule has 1 aromatic carbocycles. The fraction of sp³-hybridized carbons (Fsp3) is 0.100. The predicted molar refractivity (Wildman–Crippen MR) is 61.2 cm³/mol. The van der Waals surface area contributed by atoms with Gasteiger partial charge in [0.25, 0.3) is 0 Å². The van der Waals surface area contributed by atoms with Crippen LogP contribution >= 0.6 is 11.8 Å². The van der Waals surface area contributed by atoms with Crippen LogP contribution in [0.2, 0.25) is 0 Å². The molecule has 15 heavy (non-hydrogen) atoms. The van der Waals surface area contributed by atoms with Crippen molar-refractivity contribution in [1.82, 2.24) is 0 Å². The summed E-state index contributed by atoms with van der Waals surface area (Å²) in [7, 11) is 0. The van der Waals surface area contributed by atoms with Crippen LogP contribution in [0.15, 0.2) is 46.2 Å². The molecule has 0 amide bonds. The molecule has 0 bridgehead atoms. The monoisotopic (exact) mass is 242 g/mol. The van der Waals surface area contributed by atoms with Crippen LogP contribution < -0.4 is 0 Å². The number of thioether (sulfide) groups is 1. The Morgan fingerprint density at radius 2 is 1.93 bits per heavy atom. The number of hydrogen-bond donors (Lipinski definition) is 1. The molecule has 3 nitrogen and oxygen atoms in total. The van der Waals surface area contributed by atoms with Crippen LogP contribution in [0.1, 0.15) is 6.92 Å². The van der Waals surface area contributed by atoms with E-state index in [9.17, 15) is 9.00 Å².